The fraction of sp³-hybridized carbons (Fsp3) is 0.333. The molecule has 3 nitrogen and oxygen atoms in total. The maximum atomic E-state index is 11.5. The Morgan fingerprint density at radius 1 is 1.38 bits per heavy atom. The Labute approximate surface area is 102 Å². The standard InChI is InChI=1S/C12H12BrNO2/c1-7-10(6-11(15)14-12(7)16)8-3-2-4-9(13)5-8/h2-5,7,10H,6H2,1H3,(H,14,15,16). The molecule has 4 heteroatoms. The van der Waals surface area contributed by atoms with E-state index in [4.69, 9.17) is 0 Å². The molecule has 0 radical (unpaired) electrons. The third kappa shape index (κ3) is 2.16. The zero-order valence-electron chi connectivity index (χ0n) is 8.87. The average Bonchev–Trinajstić information content (AvgIpc) is 2.23. The van der Waals surface area contributed by atoms with E-state index in [1.54, 1.807) is 0 Å². The molecule has 0 aromatic heterocycles. The number of benzene rings is 1. The largest absolute Gasteiger partial charge is 0.296 e. The number of halogens is 1. The molecule has 1 aromatic carbocycles. The summed E-state index contributed by atoms with van der Waals surface area (Å²) in [5, 5.41) is 2.35. The molecule has 0 saturated carbocycles. The normalized spacial score (nSPS) is 25.4. The van der Waals surface area contributed by atoms with Gasteiger partial charge in [-0.05, 0) is 17.7 Å². The second-order valence-electron chi connectivity index (χ2n) is 4.07. The molecular weight excluding hydrogens is 270 g/mol. The molecule has 0 spiro atoms. The van der Waals surface area contributed by atoms with Crippen molar-refractivity contribution < 1.29 is 9.59 Å². The lowest BCUT2D eigenvalue weighted by Gasteiger charge is -2.27. The van der Waals surface area contributed by atoms with Crippen molar-refractivity contribution in [3.8, 4) is 0 Å². The Morgan fingerprint density at radius 2 is 2.12 bits per heavy atom. The molecule has 1 aromatic rings. The second kappa shape index (κ2) is 4.37. The Bertz CT molecular complexity index is 444. The number of rotatable bonds is 1. The smallest absolute Gasteiger partial charge is 0.230 e. The SMILES string of the molecule is CC1C(=O)NC(=O)CC1c1cccc(Br)c1. The first-order valence-corrected chi connectivity index (χ1v) is 5.96. The van der Waals surface area contributed by atoms with Gasteiger partial charge in [0.2, 0.25) is 11.8 Å². The lowest BCUT2D eigenvalue weighted by atomic mass is 9.81. The van der Waals surface area contributed by atoms with Gasteiger partial charge >= 0.3 is 0 Å². The fourth-order valence-corrected chi connectivity index (χ4v) is 2.42. The number of piperidine rings is 1. The molecule has 1 aliphatic heterocycles. The Hall–Kier alpha value is -1.16. The van der Waals surface area contributed by atoms with Crippen LogP contribution in [0.3, 0.4) is 0 Å². The second-order valence-corrected chi connectivity index (χ2v) is 4.98. The van der Waals surface area contributed by atoms with Crippen molar-refractivity contribution in [1.82, 2.24) is 5.32 Å². The van der Waals surface area contributed by atoms with E-state index in [0.29, 0.717) is 6.42 Å². The van der Waals surface area contributed by atoms with E-state index in [-0.39, 0.29) is 23.7 Å². The molecule has 1 heterocycles. The summed E-state index contributed by atoms with van der Waals surface area (Å²) in [6.07, 6.45) is 0.378. The highest BCUT2D eigenvalue weighted by Crippen LogP contribution is 2.32. The number of nitrogens with one attached hydrogen (secondary N) is 1. The third-order valence-corrected chi connectivity index (χ3v) is 3.46. The van der Waals surface area contributed by atoms with Gasteiger partial charge in [0.05, 0.1) is 0 Å². The third-order valence-electron chi connectivity index (χ3n) is 2.96. The first-order chi connectivity index (χ1) is 7.58. The van der Waals surface area contributed by atoms with Gasteiger partial charge in [-0.15, -0.1) is 0 Å². The molecule has 16 heavy (non-hydrogen) atoms. The minimum atomic E-state index is -0.187. The van der Waals surface area contributed by atoms with E-state index in [2.05, 4.69) is 21.2 Å². The van der Waals surface area contributed by atoms with Gasteiger partial charge in [-0.2, -0.15) is 0 Å². The van der Waals surface area contributed by atoms with E-state index in [9.17, 15) is 9.59 Å². The van der Waals surface area contributed by atoms with E-state index < -0.39 is 0 Å². The van der Waals surface area contributed by atoms with Crippen molar-refractivity contribution in [1.29, 1.82) is 0 Å². The van der Waals surface area contributed by atoms with Crippen molar-refractivity contribution in [3.05, 3.63) is 34.3 Å². The predicted molar refractivity (Wildman–Crippen MR) is 63.8 cm³/mol. The van der Waals surface area contributed by atoms with Crippen LogP contribution in [0.15, 0.2) is 28.7 Å². The van der Waals surface area contributed by atoms with Gasteiger partial charge in [-0.1, -0.05) is 35.0 Å². The molecule has 0 bridgehead atoms. The number of hydrogen-bond donors (Lipinski definition) is 1. The van der Waals surface area contributed by atoms with Crippen molar-refractivity contribution in [2.24, 2.45) is 5.92 Å². The number of amides is 2. The molecule has 2 atom stereocenters. The molecule has 1 aliphatic rings. The van der Waals surface area contributed by atoms with Crippen LogP contribution < -0.4 is 5.32 Å². The maximum absolute atomic E-state index is 11.5. The Kier molecular flexibility index (Phi) is 3.10. The summed E-state index contributed by atoms with van der Waals surface area (Å²) in [6.45, 7) is 1.85. The van der Waals surface area contributed by atoms with Crippen LogP contribution in [0.5, 0.6) is 0 Å². The van der Waals surface area contributed by atoms with E-state index in [1.165, 1.54) is 0 Å². The van der Waals surface area contributed by atoms with Gasteiger partial charge < -0.3 is 0 Å². The molecule has 1 saturated heterocycles. The van der Waals surface area contributed by atoms with Crippen molar-refractivity contribution in [2.45, 2.75) is 19.3 Å². The van der Waals surface area contributed by atoms with Gasteiger partial charge in [0, 0.05) is 22.7 Å². The molecular formula is C12H12BrNO2. The first kappa shape index (κ1) is 11.3. The zero-order valence-corrected chi connectivity index (χ0v) is 10.5. The van der Waals surface area contributed by atoms with Crippen LogP contribution in [-0.2, 0) is 9.59 Å². The average molecular weight is 282 g/mol. The van der Waals surface area contributed by atoms with Crippen LogP contribution >= 0.6 is 15.9 Å². The number of carbonyl (C=O) groups excluding carboxylic acids is 2. The van der Waals surface area contributed by atoms with Crippen molar-refractivity contribution in [3.63, 3.8) is 0 Å². The van der Waals surface area contributed by atoms with E-state index >= 15 is 0 Å². The van der Waals surface area contributed by atoms with Gasteiger partial charge in [0.15, 0.2) is 0 Å². The lowest BCUT2D eigenvalue weighted by Crippen LogP contribution is -2.43. The highest BCUT2D eigenvalue weighted by atomic mass is 79.9. The molecule has 2 unspecified atom stereocenters. The van der Waals surface area contributed by atoms with E-state index in [0.717, 1.165) is 10.0 Å². The summed E-state index contributed by atoms with van der Waals surface area (Å²) in [5.41, 5.74) is 1.03. The number of hydrogen-bond acceptors (Lipinski definition) is 2. The van der Waals surface area contributed by atoms with Gasteiger partial charge in [0.1, 0.15) is 0 Å². The zero-order chi connectivity index (χ0) is 11.7. The van der Waals surface area contributed by atoms with Crippen LogP contribution in [0.1, 0.15) is 24.8 Å². The van der Waals surface area contributed by atoms with Crippen molar-refractivity contribution in [2.75, 3.05) is 0 Å². The lowest BCUT2D eigenvalue weighted by molar-refractivity contribution is -0.136. The summed E-state index contributed by atoms with van der Waals surface area (Å²) >= 11 is 3.39. The summed E-state index contributed by atoms with van der Waals surface area (Å²) in [7, 11) is 0. The minimum Gasteiger partial charge on any atom is -0.296 e. The molecule has 1 fully saturated rings. The Balaban J connectivity index is 2.32. The number of imide groups is 1. The van der Waals surface area contributed by atoms with Crippen LogP contribution in [0, 0.1) is 5.92 Å². The molecule has 2 rings (SSSR count). The summed E-state index contributed by atoms with van der Waals surface area (Å²) in [4.78, 5) is 22.9. The predicted octanol–water partition coefficient (Wildman–Crippen LogP) is 2.22. The molecule has 84 valence electrons. The van der Waals surface area contributed by atoms with Crippen LogP contribution in [0.2, 0.25) is 0 Å². The van der Waals surface area contributed by atoms with Crippen LogP contribution in [-0.4, -0.2) is 11.8 Å². The Morgan fingerprint density at radius 3 is 2.81 bits per heavy atom. The topological polar surface area (TPSA) is 46.2 Å². The van der Waals surface area contributed by atoms with Gasteiger partial charge in [-0.3, -0.25) is 14.9 Å². The molecule has 2 amide bonds. The van der Waals surface area contributed by atoms with Crippen LogP contribution in [0.25, 0.3) is 0 Å². The van der Waals surface area contributed by atoms with Gasteiger partial charge in [-0.25, -0.2) is 0 Å². The quantitative estimate of drug-likeness (QED) is 0.803. The van der Waals surface area contributed by atoms with Crippen molar-refractivity contribution >= 4 is 27.7 Å². The van der Waals surface area contributed by atoms with E-state index in [1.807, 2.05) is 31.2 Å². The minimum absolute atomic E-state index is 0.0150. The highest BCUT2D eigenvalue weighted by Gasteiger charge is 2.33. The first-order valence-electron chi connectivity index (χ1n) is 5.17. The highest BCUT2D eigenvalue weighted by molar-refractivity contribution is 9.10. The number of carbonyl (C=O) groups is 2. The summed E-state index contributed by atoms with van der Waals surface area (Å²) in [5.74, 6) is -0.542. The van der Waals surface area contributed by atoms with Crippen LogP contribution in [0.4, 0.5) is 0 Å². The molecule has 1 N–H and O–H groups in total. The summed E-state index contributed by atoms with van der Waals surface area (Å²) in [6, 6.07) is 7.77. The monoisotopic (exact) mass is 281 g/mol. The van der Waals surface area contributed by atoms with Gasteiger partial charge in [0.25, 0.3) is 0 Å². The maximum Gasteiger partial charge on any atom is 0.230 e. The summed E-state index contributed by atoms with van der Waals surface area (Å²) < 4.78 is 0.968. The fourth-order valence-electron chi connectivity index (χ4n) is 2.01. The molecule has 0 aliphatic carbocycles.